The molecular formula is C21H18N2O3S3. The first-order valence-corrected chi connectivity index (χ1v) is 11.5. The van der Waals surface area contributed by atoms with Gasteiger partial charge in [-0.25, -0.2) is 4.98 Å². The van der Waals surface area contributed by atoms with Gasteiger partial charge in [0.25, 0.3) is 5.56 Å². The van der Waals surface area contributed by atoms with E-state index in [0.29, 0.717) is 26.7 Å². The molecule has 0 spiro atoms. The van der Waals surface area contributed by atoms with Crippen molar-refractivity contribution in [2.24, 2.45) is 7.05 Å². The zero-order chi connectivity index (χ0) is 20.5. The number of ketones is 1. The van der Waals surface area contributed by atoms with E-state index in [1.165, 1.54) is 27.7 Å². The fourth-order valence-electron chi connectivity index (χ4n) is 2.97. The Hall–Kier alpha value is -2.42. The second kappa shape index (κ2) is 8.14. The molecule has 0 saturated heterocycles. The molecule has 8 heteroatoms. The van der Waals surface area contributed by atoms with Gasteiger partial charge in [-0.2, -0.15) is 0 Å². The van der Waals surface area contributed by atoms with Crippen molar-refractivity contribution in [3.05, 3.63) is 63.1 Å². The summed E-state index contributed by atoms with van der Waals surface area (Å²) < 4.78 is 6.68. The van der Waals surface area contributed by atoms with Crippen molar-refractivity contribution < 1.29 is 9.53 Å². The number of rotatable bonds is 6. The highest BCUT2D eigenvalue weighted by molar-refractivity contribution is 8.00. The molecule has 1 unspecified atom stereocenters. The molecule has 0 radical (unpaired) electrons. The molecular weight excluding hydrogens is 424 g/mol. The Bertz CT molecular complexity index is 1220. The quantitative estimate of drug-likeness (QED) is 0.236. The van der Waals surface area contributed by atoms with Crippen LogP contribution in [-0.4, -0.2) is 27.7 Å². The molecule has 0 N–H and O–H groups in total. The van der Waals surface area contributed by atoms with Crippen LogP contribution in [0.5, 0.6) is 5.75 Å². The molecule has 0 aliphatic rings. The zero-order valence-electron chi connectivity index (χ0n) is 16.0. The Labute approximate surface area is 180 Å². The van der Waals surface area contributed by atoms with Gasteiger partial charge in [-0.15, -0.1) is 22.7 Å². The first-order chi connectivity index (χ1) is 14.0. The molecule has 0 saturated carbocycles. The summed E-state index contributed by atoms with van der Waals surface area (Å²) in [7, 11) is 3.30. The summed E-state index contributed by atoms with van der Waals surface area (Å²) in [5, 5.41) is 4.77. The number of hydrogen-bond acceptors (Lipinski definition) is 7. The Morgan fingerprint density at radius 2 is 1.97 bits per heavy atom. The van der Waals surface area contributed by atoms with Gasteiger partial charge >= 0.3 is 0 Å². The van der Waals surface area contributed by atoms with Gasteiger partial charge in [0.15, 0.2) is 10.9 Å². The number of thioether (sulfide) groups is 1. The lowest BCUT2D eigenvalue weighted by molar-refractivity contribution is 0.0994. The van der Waals surface area contributed by atoms with Gasteiger partial charge in [0.1, 0.15) is 10.6 Å². The summed E-state index contributed by atoms with van der Waals surface area (Å²) in [6.45, 7) is 1.83. The van der Waals surface area contributed by atoms with Crippen molar-refractivity contribution in [2.75, 3.05) is 7.11 Å². The zero-order valence-corrected chi connectivity index (χ0v) is 18.5. The smallest absolute Gasteiger partial charge is 0.263 e. The molecule has 148 valence electrons. The topological polar surface area (TPSA) is 61.2 Å². The van der Waals surface area contributed by atoms with Crippen LogP contribution in [0.1, 0.15) is 17.3 Å². The summed E-state index contributed by atoms with van der Waals surface area (Å²) in [6.07, 6.45) is 0. The third kappa shape index (κ3) is 3.75. The number of ether oxygens (including phenoxy) is 1. The van der Waals surface area contributed by atoms with Gasteiger partial charge in [0.05, 0.1) is 17.7 Å². The second-order valence-corrected chi connectivity index (χ2v) is 9.53. The monoisotopic (exact) mass is 442 g/mol. The number of carbonyl (C=O) groups excluding carboxylic acids is 1. The van der Waals surface area contributed by atoms with E-state index in [4.69, 9.17) is 4.74 Å². The third-order valence-corrected chi connectivity index (χ3v) is 7.51. The minimum atomic E-state index is -0.379. The van der Waals surface area contributed by atoms with Crippen molar-refractivity contribution in [3.63, 3.8) is 0 Å². The number of hydrogen-bond donors (Lipinski definition) is 0. The third-order valence-electron chi connectivity index (χ3n) is 4.59. The molecule has 0 aliphatic carbocycles. The molecule has 3 aromatic heterocycles. The highest BCUT2D eigenvalue weighted by Gasteiger charge is 2.21. The summed E-state index contributed by atoms with van der Waals surface area (Å²) >= 11 is 4.36. The van der Waals surface area contributed by atoms with Gasteiger partial charge in [0.2, 0.25) is 0 Å². The molecule has 29 heavy (non-hydrogen) atoms. The predicted molar refractivity (Wildman–Crippen MR) is 121 cm³/mol. The van der Waals surface area contributed by atoms with E-state index < -0.39 is 0 Å². The SMILES string of the molecule is COc1ccc(C(=O)C(C)Sc2nc3scc(-c4cccs4)c3c(=O)n2C)cc1. The molecule has 3 heterocycles. The highest BCUT2D eigenvalue weighted by Crippen LogP contribution is 2.35. The van der Waals surface area contributed by atoms with Crippen LogP contribution >= 0.6 is 34.4 Å². The van der Waals surface area contributed by atoms with E-state index in [9.17, 15) is 9.59 Å². The average Bonchev–Trinajstić information content (AvgIpc) is 3.41. The van der Waals surface area contributed by atoms with Crippen LogP contribution in [0.15, 0.2) is 57.1 Å². The Balaban J connectivity index is 1.65. The van der Waals surface area contributed by atoms with Crippen molar-refractivity contribution >= 4 is 50.4 Å². The van der Waals surface area contributed by atoms with Gasteiger partial charge in [0, 0.05) is 28.4 Å². The molecule has 0 bridgehead atoms. The maximum absolute atomic E-state index is 13.0. The molecule has 1 aromatic carbocycles. The van der Waals surface area contributed by atoms with E-state index in [2.05, 4.69) is 4.98 Å². The van der Waals surface area contributed by atoms with E-state index >= 15 is 0 Å². The molecule has 0 aliphatic heterocycles. The molecule has 0 fully saturated rings. The van der Waals surface area contributed by atoms with Gasteiger partial charge in [-0.1, -0.05) is 17.8 Å². The lowest BCUT2D eigenvalue weighted by atomic mass is 10.1. The molecule has 4 aromatic rings. The maximum Gasteiger partial charge on any atom is 0.263 e. The second-order valence-electron chi connectivity index (χ2n) is 6.42. The summed E-state index contributed by atoms with van der Waals surface area (Å²) in [5.74, 6) is 0.688. The number of thiophene rings is 2. The van der Waals surface area contributed by atoms with E-state index in [1.54, 1.807) is 49.8 Å². The number of benzene rings is 1. The number of Topliss-reactive ketones (excluding diaryl/α,β-unsaturated/α-hetero) is 1. The van der Waals surface area contributed by atoms with Crippen LogP contribution in [0.2, 0.25) is 0 Å². The number of carbonyl (C=O) groups is 1. The van der Waals surface area contributed by atoms with E-state index in [1.807, 2.05) is 29.8 Å². The summed E-state index contributed by atoms with van der Waals surface area (Å²) in [6, 6.07) is 11.0. The Kier molecular flexibility index (Phi) is 5.58. The van der Waals surface area contributed by atoms with Crippen LogP contribution in [0.4, 0.5) is 0 Å². The average molecular weight is 443 g/mol. The van der Waals surface area contributed by atoms with Crippen molar-refractivity contribution in [3.8, 4) is 16.2 Å². The van der Waals surface area contributed by atoms with Crippen molar-refractivity contribution in [2.45, 2.75) is 17.3 Å². The number of methoxy groups -OCH3 is 1. The predicted octanol–water partition coefficient (Wildman–Crippen LogP) is 5.10. The van der Waals surface area contributed by atoms with E-state index in [0.717, 1.165) is 10.4 Å². The lowest BCUT2D eigenvalue weighted by Gasteiger charge is -2.13. The first kappa shape index (κ1) is 19.9. The standard InChI is InChI=1S/C21H18N2O3S3/c1-12(18(24)13-6-8-14(26-3)9-7-13)29-21-22-19-17(20(25)23(21)2)15(11-28-19)16-5-4-10-27-16/h4-12H,1-3H3. The van der Waals surface area contributed by atoms with Gasteiger partial charge < -0.3 is 4.74 Å². The van der Waals surface area contributed by atoms with Gasteiger partial charge in [-0.05, 0) is 42.6 Å². The van der Waals surface area contributed by atoms with Crippen LogP contribution in [-0.2, 0) is 7.05 Å². The van der Waals surface area contributed by atoms with Crippen LogP contribution in [0.3, 0.4) is 0 Å². The minimum Gasteiger partial charge on any atom is -0.497 e. The van der Waals surface area contributed by atoms with Crippen LogP contribution < -0.4 is 10.3 Å². The van der Waals surface area contributed by atoms with Crippen LogP contribution in [0.25, 0.3) is 20.7 Å². The molecule has 1 atom stereocenters. The number of aromatic nitrogens is 2. The molecule has 0 amide bonds. The van der Waals surface area contributed by atoms with Crippen molar-refractivity contribution in [1.82, 2.24) is 9.55 Å². The summed E-state index contributed by atoms with van der Waals surface area (Å²) in [4.78, 5) is 32.3. The Morgan fingerprint density at radius 3 is 2.62 bits per heavy atom. The van der Waals surface area contributed by atoms with Crippen molar-refractivity contribution in [1.29, 1.82) is 0 Å². The normalized spacial score (nSPS) is 12.2. The van der Waals surface area contributed by atoms with Gasteiger partial charge in [-0.3, -0.25) is 14.2 Å². The Morgan fingerprint density at radius 1 is 1.21 bits per heavy atom. The first-order valence-electron chi connectivity index (χ1n) is 8.86. The minimum absolute atomic E-state index is 0.0162. The highest BCUT2D eigenvalue weighted by atomic mass is 32.2. The largest absolute Gasteiger partial charge is 0.497 e. The fourth-order valence-corrected chi connectivity index (χ4v) is 5.73. The lowest BCUT2D eigenvalue weighted by Crippen LogP contribution is -2.22. The summed E-state index contributed by atoms with van der Waals surface area (Å²) in [5.41, 5.74) is 1.44. The molecule has 5 nitrogen and oxygen atoms in total. The van der Waals surface area contributed by atoms with Crippen LogP contribution in [0, 0.1) is 0 Å². The maximum atomic E-state index is 13.0. The molecule has 4 rings (SSSR count). The number of nitrogens with zero attached hydrogens (tertiary/aromatic N) is 2. The fraction of sp³-hybridized carbons (Fsp3) is 0.190. The van der Waals surface area contributed by atoms with E-state index in [-0.39, 0.29) is 16.6 Å². The number of fused-ring (bicyclic) bond motifs is 1.